The SMILES string of the molecule is C#CCCCNCc1ccc2[nH]ccc2c1. The van der Waals surface area contributed by atoms with Crippen molar-refractivity contribution in [1.29, 1.82) is 0 Å². The summed E-state index contributed by atoms with van der Waals surface area (Å²) in [5, 5.41) is 4.65. The van der Waals surface area contributed by atoms with Crippen molar-refractivity contribution in [1.82, 2.24) is 10.3 Å². The molecule has 0 atom stereocenters. The number of fused-ring (bicyclic) bond motifs is 1. The fourth-order valence-electron chi connectivity index (χ4n) is 1.76. The molecule has 2 heteroatoms. The molecule has 0 spiro atoms. The zero-order chi connectivity index (χ0) is 11.2. The molecule has 2 nitrogen and oxygen atoms in total. The van der Waals surface area contributed by atoms with Crippen LogP contribution in [0, 0.1) is 12.3 Å². The number of aromatic amines is 1. The lowest BCUT2D eigenvalue weighted by atomic mass is 10.1. The van der Waals surface area contributed by atoms with E-state index in [1.54, 1.807) is 0 Å². The minimum absolute atomic E-state index is 0.851. The van der Waals surface area contributed by atoms with Gasteiger partial charge in [-0.1, -0.05) is 6.07 Å². The van der Waals surface area contributed by atoms with E-state index < -0.39 is 0 Å². The largest absolute Gasteiger partial charge is 0.361 e. The van der Waals surface area contributed by atoms with Crippen molar-refractivity contribution in [3.8, 4) is 12.3 Å². The molecule has 0 amide bonds. The summed E-state index contributed by atoms with van der Waals surface area (Å²) in [5.41, 5.74) is 2.50. The zero-order valence-corrected chi connectivity index (χ0v) is 9.29. The Morgan fingerprint density at radius 1 is 1.31 bits per heavy atom. The lowest BCUT2D eigenvalue weighted by Gasteiger charge is -2.03. The topological polar surface area (TPSA) is 27.8 Å². The summed E-state index contributed by atoms with van der Waals surface area (Å²) in [6.07, 6.45) is 9.05. The van der Waals surface area contributed by atoms with Crippen molar-refractivity contribution < 1.29 is 0 Å². The molecule has 82 valence electrons. The van der Waals surface area contributed by atoms with Gasteiger partial charge in [0.15, 0.2) is 0 Å². The molecular weight excluding hydrogens is 196 g/mol. The van der Waals surface area contributed by atoms with Gasteiger partial charge in [-0.3, -0.25) is 0 Å². The monoisotopic (exact) mass is 212 g/mol. The number of benzene rings is 1. The van der Waals surface area contributed by atoms with E-state index in [-0.39, 0.29) is 0 Å². The molecule has 1 heterocycles. The number of hydrogen-bond donors (Lipinski definition) is 2. The van der Waals surface area contributed by atoms with Crippen molar-refractivity contribution in [2.24, 2.45) is 0 Å². The van der Waals surface area contributed by atoms with Gasteiger partial charge in [0.1, 0.15) is 0 Å². The molecule has 1 aromatic carbocycles. The van der Waals surface area contributed by atoms with Crippen LogP contribution in [0.4, 0.5) is 0 Å². The molecule has 0 aliphatic rings. The molecule has 2 rings (SSSR count). The second-order valence-electron chi connectivity index (χ2n) is 3.88. The maximum atomic E-state index is 5.19. The van der Waals surface area contributed by atoms with Gasteiger partial charge in [0.25, 0.3) is 0 Å². The van der Waals surface area contributed by atoms with Crippen LogP contribution in [0.3, 0.4) is 0 Å². The van der Waals surface area contributed by atoms with E-state index in [9.17, 15) is 0 Å². The Hall–Kier alpha value is -1.72. The van der Waals surface area contributed by atoms with Gasteiger partial charge >= 0.3 is 0 Å². The highest BCUT2D eigenvalue weighted by molar-refractivity contribution is 5.79. The van der Waals surface area contributed by atoms with E-state index in [0.717, 1.165) is 25.9 Å². The van der Waals surface area contributed by atoms with E-state index in [1.807, 2.05) is 6.20 Å². The number of aromatic nitrogens is 1. The molecule has 0 radical (unpaired) electrons. The minimum atomic E-state index is 0.851. The third-order valence-electron chi connectivity index (χ3n) is 2.62. The number of terminal acetylenes is 1. The van der Waals surface area contributed by atoms with Crippen molar-refractivity contribution in [3.63, 3.8) is 0 Å². The van der Waals surface area contributed by atoms with Crippen LogP contribution in [0.5, 0.6) is 0 Å². The number of rotatable bonds is 5. The summed E-state index contributed by atoms with van der Waals surface area (Å²) >= 11 is 0. The van der Waals surface area contributed by atoms with E-state index in [1.165, 1.54) is 16.5 Å². The van der Waals surface area contributed by atoms with Gasteiger partial charge < -0.3 is 10.3 Å². The minimum Gasteiger partial charge on any atom is -0.361 e. The summed E-state index contributed by atoms with van der Waals surface area (Å²) < 4.78 is 0. The average Bonchev–Trinajstić information content (AvgIpc) is 2.76. The van der Waals surface area contributed by atoms with E-state index in [0.29, 0.717) is 0 Å². The third-order valence-corrected chi connectivity index (χ3v) is 2.62. The lowest BCUT2D eigenvalue weighted by Crippen LogP contribution is -2.14. The summed E-state index contributed by atoms with van der Waals surface area (Å²) in [6, 6.07) is 8.57. The van der Waals surface area contributed by atoms with Gasteiger partial charge in [-0.05, 0) is 42.1 Å². The van der Waals surface area contributed by atoms with E-state index >= 15 is 0 Å². The molecule has 2 N–H and O–H groups in total. The Morgan fingerprint density at radius 3 is 3.12 bits per heavy atom. The van der Waals surface area contributed by atoms with Gasteiger partial charge in [-0.25, -0.2) is 0 Å². The molecule has 0 saturated heterocycles. The van der Waals surface area contributed by atoms with Crippen LogP contribution >= 0.6 is 0 Å². The van der Waals surface area contributed by atoms with Gasteiger partial charge in [0.2, 0.25) is 0 Å². The van der Waals surface area contributed by atoms with Crippen LogP contribution in [0.2, 0.25) is 0 Å². The standard InChI is InChI=1S/C14H16N2/c1-2-3-4-8-15-11-12-5-6-14-13(10-12)7-9-16-14/h1,5-7,9-10,15-16H,3-4,8,11H2. The highest BCUT2D eigenvalue weighted by Crippen LogP contribution is 2.13. The average molecular weight is 212 g/mol. The molecular formula is C14H16N2. The Morgan fingerprint density at radius 2 is 2.25 bits per heavy atom. The van der Waals surface area contributed by atoms with Gasteiger partial charge in [-0.15, -0.1) is 12.3 Å². The first-order chi connectivity index (χ1) is 7.90. The van der Waals surface area contributed by atoms with Crippen LogP contribution in [0.1, 0.15) is 18.4 Å². The molecule has 16 heavy (non-hydrogen) atoms. The number of hydrogen-bond acceptors (Lipinski definition) is 1. The Bertz CT molecular complexity index is 491. The van der Waals surface area contributed by atoms with Crippen LogP contribution in [0.15, 0.2) is 30.5 Å². The molecule has 1 aromatic heterocycles. The van der Waals surface area contributed by atoms with Gasteiger partial charge in [-0.2, -0.15) is 0 Å². The molecule has 0 bridgehead atoms. The quantitative estimate of drug-likeness (QED) is 0.579. The fraction of sp³-hybridized carbons (Fsp3) is 0.286. The fourth-order valence-corrected chi connectivity index (χ4v) is 1.76. The zero-order valence-electron chi connectivity index (χ0n) is 9.29. The van der Waals surface area contributed by atoms with Crippen molar-refractivity contribution >= 4 is 10.9 Å². The van der Waals surface area contributed by atoms with Gasteiger partial charge in [0, 0.05) is 24.7 Å². The van der Waals surface area contributed by atoms with Crippen molar-refractivity contribution in [3.05, 3.63) is 36.0 Å². The Kier molecular flexibility index (Phi) is 3.63. The normalized spacial score (nSPS) is 10.4. The van der Waals surface area contributed by atoms with Crippen LogP contribution in [0.25, 0.3) is 10.9 Å². The second-order valence-corrected chi connectivity index (χ2v) is 3.88. The van der Waals surface area contributed by atoms with Crippen LogP contribution < -0.4 is 5.32 Å². The first-order valence-corrected chi connectivity index (χ1v) is 5.60. The lowest BCUT2D eigenvalue weighted by molar-refractivity contribution is 0.659. The summed E-state index contributed by atoms with van der Waals surface area (Å²) in [7, 11) is 0. The Balaban J connectivity index is 1.87. The predicted octanol–water partition coefficient (Wildman–Crippen LogP) is 2.67. The molecule has 0 aliphatic heterocycles. The summed E-state index contributed by atoms with van der Waals surface area (Å²) in [4.78, 5) is 3.19. The third kappa shape index (κ3) is 2.65. The van der Waals surface area contributed by atoms with Crippen LogP contribution in [-0.4, -0.2) is 11.5 Å². The Labute approximate surface area is 96.1 Å². The van der Waals surface area contributed by atoms with Gasteiger partial charge in [0.05, 0.1) is 0 Å². The number of H-pyrrole nitrogens is 1. The maximum absolute atomic E-state index is 5.19. The van der Waals surface area contributed by atoms with E-state index in [4.69, 9.17) is 6.42 Å². The number of unbranched alkanes of at least 4 members (excludes halogenated alkanes) is 1. The van der Waals surface area contributed by atoms with Crippen LogP contribution in [-0.2, 0) is 6.54 Å². The predicted molar refractivity (Wildman–Crippen MR) is 68.1 cm³/mol. The maximum Gasteiger partial charge on any atom is 0.0454 e. The van der Waals surface area contributed by atoms with E-state index in [2.05, 4.69) is 40.5 Å². The molecule has 0 aliphatic carbocycles. The van der Waals surface area contributed by atoms with Crippen molar-refractivity contribution in [2.45, 2.75) is 19.4 Å². The molecule has 2 aromatic rings. The smallest absolute Gasteiger partial charge is 0.0454 e. The molecule has 0 fully saturated rings. The van der Waals surface area contributed by atoms with Crippen molar-refractivity contribution in [2.75, 3.05) is 6.54 Å². The molecule has 0 saturated carbocycles. The first kappa shape index (κ1) is 10.8. The number of nitrogens with one attached hydrogen (secondary N) is 2. The summed E-state index contributed by atoms with van der Waals surface area (Å²) in [6.45, 7) is 1.89. The highest BCUT2D eigenvalue weighted by Gasteiger charge is 1.96. The second kappa shape index (κ2) is 5.39. The first-order valence-electron chi connectivity index (χ1n) is 5.60. The summed E-state index contributed by atoms with van der Waals surface area (Å²) in [5.74, 6) is 2.64. The highest BCUT2D eigenvalue weighted by atomic mass is 14.8. The molecule has 0 unspecified atom stereocenters.